The maximum Gasteiger partial charge on any atom is 0.251 e. The molecule has 1 heterocycles. The maximum absolute atomic E-state index is 12.5. The monoisotopic (exact) mass is 397 g/mol. The van der Waals surface area contributed by atoms with Gasteiger partial charge in [0.1, 0.15) is 0 Å². The summed E-state index contributed by atoms with van der Waals surface area (Å²) in [5, 5.41) is 3.80. The molecule has 2 N–H and O–H groups in total. The molecule has 0 aliphatic heterocycles. The van der Waals surface area contributed by atoms with Gasteiger partial charge in [0, 0.05) is 36.9 Å². The summed E-state index contributed by atoms with van der Waals surface area (Å²) < 4.78 is 29.8. The van der Waals surface area contributed by atoms with Crippen molar-refractivity contribution in [1.29, 1.82) is 0 Å². The molecular formula is C21H23N3O3S. The Balaban J connectivity index is 1.59. The number of sulfonamides is 1. The van der Waals surface area contributed by atoms with Crippen molar-refractivity contribution < 1.29 is 13.2 Å². The lowest BCUT2D eigenvalue weighted by Crippen LogP contribution is -2.27. The summed E-state index contributed by atoms with van der Waals surface area (Å²) in [7, 11) is -3.68. The number of carbonyl (C=O) groups excluding carboxylic acids is 1. The summed E-state index contributed by atoms with van der Waals surface area (Å²) >= 11 is 0. The number of rotatable bonds is 9. The Morgan fingerprint density at radius 1 is 1.11 bits per heavy atom. The van der Waals surface area contributed by atoms with Gasteiger partial charge in [-0.2, -0.15) is 0 Å². The van der Waals surface area contributed by atoms with Gasteiger partial charge in [-0.1, -0.05) is 30.3 Å². The fourth-order valence-corrected chi connectivity index (χ4v) is 4.07. The number of nitrogens with one attached hydrogen (secondary N) is 2. The second-order valence-corrected chi connectivity index (χ2v) is 8.11. The minimum absolute atomic E-state index is 0.0742. The normalized spacial score (nSPS) is 11.4. The van der Waals surface area contributed by atoms with E-state index in [1.165, 1.54) is 12.1 Å². The van der Waals surface area contributed by atoms with Crippen molar-refractivity contribution in [3.8, 4) is 0 Å². The highest BCUT2D eigenvalue weighted by atomic mass is 32.2. The van der Waals surface area contributed by atoms with Crippen molar-refractivity contribution in [3.05, 3.63) is 79.0 Å². The predicted octanol–water partition coefficient (Wildman–Crippen LogP) is 2.93. The highest BCUT2D eigenvalue weighted by molar-refractivity contribution is 7.89. The Bertz CT molecular complexity index is 1090. The number of fused-ring (bicyclic) bond motifs is 1. The number of benzene rings is 2. The van der Waals surface area contributed by atoms with Gasteiger partial charge < -0.3 is 9.88 Å². The van der Waals surface area contributed by atoms with Gasteiger partial charge in [-0.05, 0) is 42.1 Å². The van der Waals surface area contributed by atoms with E-state index in [4.69, 9.17) is 0 Å². The zero-order chi connectivity index (χ0) is 20.0. The Morgan fingerprint density at radius 3 is 2.75 bits per heavy atom. The van der Waals surface area contributed by atoms with E-state index in [0.717, 1.165) is 10.9 Å². The topological polar surface area (TPSA) is 80.2 Å². The van der Waals surface area contributed by atoms with Crippen LogP contribution in [0.15, 0.2) is 78.3 Å². The quantitative estimate of drug-likeness (QED) is 0.430. The Kier molecular flexibility index (Phi) is 6.28. The van der Waals surface area contributed by atoms with E-state index in [-0.39, 0.29) is 10.8 Å². The molecule has 0 fully saturated rings. The minimum atomic E-state index is -3.68. The largest absolute Gasteiger partial charge is 0.349 e. The zero-order valence-corrected chi connectivity index (χ0v) is 16.3. The molecule has 0 radical (unpaired) electrons. The molecule has 0 aliphatic carbocycles. The molecule has 3 aromatic rings. The maximum atomic E-state index is 12.5. The van der Waals surface area contributed by atoms with E-state index in [1.54, 1.807) is 18.2 Å². The first-order chi connectivity index (χ1) is 13.5. The molecule has 0 unspecified atom stereocenters. The van der Waals surface area contributed by atoms with Crippen LogP contribution in [0.2, 0.25) is 0 Å². The van der Waals surface area contributed by atoms with E-state index < -0.39 is 10.0 Å². The summed E-state index contributed by atoms with van der Waals surface area (Å²) in [5.41, 5.74) is 1.42. The molecule has 0 saturated heterocycles. The average Bonchev–Trinajstić information content (AvgIpc) is 3.12. The van der Waals surface area contributed by atoms with Crippen LogP contribution in [0.3, 0.4) is 0 Å². The van der Waals surface area contributed by atoms with Gasteiger partial charge in [0.2, 0.25) is 10.0 Å². The van der Waals surface area contributed by atoms with Crippen LogP contribution in [0.1, 0.15) is 16.8 Å². The average molecular weight is 398 g/mol. The minimum Gasteiger partial charge on any atom is -0.349 e. The molecule has 0 bridgehead atoms. The van der Waals surface area contributed by atoms with Crippen molar-refractivity contribution in [2.45, 2.75) is 17.9 Å². The first kappa shape index (κ1) is 19.9. The number of nitrogens with zero attached hydrogens (tertiary/aromatic N) is 1. The number of aryl methyl sites for hydroxylation is 1. The fraction of sp³-hybridized carbons (Fsp3) is 0.190. The highest BCUT2D eigenvalue weighted by Gasteiger charge is 2.15. The molecule has 6 nitrogen and oxygen atoms in total. The Hall–Kier alpha value is -2.90. The summed E-state index contributed by atoms with van der Waals surface area (Å²) in [6.07, 6.45) is 4.22. The van der Waals surface area contributed by atoms with E-state index >= 15 is 0 Å². The van der Waals surface area contributed by atoms with Gasteiger partial charge in [0.05, 0.1) is 4.90 Å². The van der Waals surface area contributed by atoms with Gasteiger partial charge in [-0.25, -0.2) is 13.1 Å². The van der Waals surface area contributed by atoms with Crippen LogP contribution in [0.5, 0.6) is 0 Å². The van der Waals surface area contributed by atoms with Crippen LogP contribution >= 0.6 is 0 Å². The number of para-hydroxylation sites is 1. The Labute approximate surface area is 164 Å². The third-order valence-corrected chi connectivity index (χ3v) is 5.82. The van der Waals surface area contributed by atoms with E-state index in [0.29, 0.717) is 31.6 Å². The lowest BCUT2D eigenvalue weighted by molar-refractivity contribution is 0.0958. The molecule has 0 aliphatic rings. The van der Waals surface area contributed by atoms with Gasteiger partial charge >= 0.3 is 0 Å². The highest BCUT2D eigenvalue weighted by Crippen LogP contribution is 2.15. The second kappa shape index (κ2) is 8.86. The Morgan fingerprint density at radius 2 is 1.93 bits per heavy atom. The summed E-state index contributed by atoms with van der Waals surface area (Å²) in [5.74, 6) is -0.337. The van der Waals surface area contributed by atoms with E-state index in [1.807, 2.05) is 36.5 Å². The number of hydrogen-bond acceptors (Lipinski definition) is 3. The van der Waals surface area contributed by atoms with Gasteiger partial charge in [0.15, 0.2) is 0 Å². The van der Waals surface area contributed by atoms with Crippen molar-refractivity contribution in [1.82, 2.24) is 14.6 Å². The molecule has 1 amide bonds. The van der Waals surface area contributed by atoms with Gasteiger partial charge in [-0.15, -0.1) is 6.58 Å². The van der Waals surface area contributed by atoms with Crippen LogP contribution in [-0.2, 0) is 16.6 Å². The molecule has 0 saturated carbocycles. The lowest BCUT2D eigenvalue weighted by Gasteiger charge is -2.09. The summed E-state index contributed by atoms with van der Waals surface area (Å²) in [6, 6.07) is 16.1. The van der Waals surface area contributed by atoms with Crippen LogP contribution in [-0.4, -0.2) is 32.0 Å². The van der Waals surface area contributed by atoms with Gasteiger partial charge in [-0.3, -0.25) is 4.79 Å². The van der Waals surface area contributed by atoms with Crippen molar-refractivity contribution >= 4 is 26.8 Å². The van der Waals surface area contributed by atoms with Gasteiger partial charge in [0.25, 0.3) is 5.91 Å². The SMILES string of the molecule is C=CCNC(=O)c1cccc(S(=O)(=O)NCCCn2ccc3ccccc32)c1. The smallest absolute Gasteiger partial charge is 0.251 e. The van der Waals surface area contributed by atoms with Crippen LogP contribution in [0.4, 0.5) is 0 Å². The second-order valence-electron chi connectivity index (χ2n) is 6.35. The molecule has 3 rings (SSSR count). The third kappa shape index (κ3) is 4.68. The summed E-state index contributed by atoms with van der Waals surface area (Å²) in [4.78, 5) is 12.1. The first-order valence-corrected chi connectivity index (χ1v) is 10.5. The lowest BCUT2D eigenvalue weighted by atomic mass is 10.2. The molecule has 0 atom stereocenters. The molecule has 1 aromatic heterocycles. The van der Waals surface area contributed by atoms with Crippen LogP contribution in [0.25, 0.3) is 10.9 Å². The zero-order valence-electron chi connectivity index (χ0n) is 15.5. The standard InChI is InChI=1S/C21H23N3O3S/c1-2-12-22-21(25)18-8-5-9-19(16-18)28(26,27)23-13-6-14-24-15-11-17-7-3-4-10-20(17)24/h2-5,7-11,15-16,23H,1,6,12-14H2,(H,22,25). The molecular weight excluding hydrogens is 374 g/mol. The third-order valence-electron chi connectivity index (χ3n) is 4.36. The predicted molar refractivity (Wildman–Crippen MR) is 111 cm³/mol. The van der Waals surface area contributed by atoms with E-state index in [9.17, 15) is 13.2 Å². The number of carbonyl (C=O) groups is 1. The number of amides is 1. The van der Waals surface area contributed by atoms with Crippen molar-refractivity contribution in [2.24, 2.45) is 0 Å². The molecule has 28 heavy (non-hydrogen) atoms. The fourth-order valence-electron chi connectivity index (χ4n) is 2.95. The molecule has 0 spiro atoms. The molecule has 2 aromatic carbocycles. The van der Waals surface area contributed by atoms with Crippen LogP contribution in [0, 0.1) is 0 Å². The van der Waals surface area contributed by atoms with Crippen molar-refractivity contribution in [3.63, 3.8) is 0 Å². The van der Waals surface area contributed by atoms with Crippen LogP contribution < -0.4 is 10.0 Å². The number of hydrogen-bond donors (Lipinski definition) is 2. The molecule has 146 valence electrons. The summed E-state index contributed by atoms with van der Waals surface area (Å²) in [6.45, 7) is 4.87. The van der Waals surface area contributed by atoms with E-state index in [2.05, 4.69) is 21.2 Å². The number of aromatic nitrogens is 1. The first-order valence-electron chi connectivity index (χ1n) is 9.04. The molecule has 7 heteroatoms. The van der Waals surface area contributed by atoms with Crippen molar-refractivity contribution in [2.75, 3.05) is 13.1 Å².